The molecular formula is C22H25N5O. The van der Waals surface area contributed by atoms with E-state index in [0.717, 1.165) is 41.9 Å². The molecular weight excluding hydrogens is 350 g/mol. The van der Waals surface area contributed by atoms with E-state index in [4.69, 9.17) is 0 Å². The summed E-state index contributed by atoms with van der Waals surface area (Å²) in [5.74, 6) is 0.938. The molecule has 1 amide bonds. The van der Waals surface area contributed by atoms with Crippen LogP contribution < -0.4 is 0 Å². The van der Waals surface area contributed by atoms with Crippen LogP contribution in [0, 0.1) is 20.8 Å². The number of aryl methyl sites for hydroxylation is 3. The topological polar surface area (TPSA) is 74.8 Å². The quantitative estimate of drug-likeness (QED) is 0.755. The number of nitrogens with one attached hydrogen (secondary N) is 1. The maximum atomic E-state index is 13.1. The number of H-pyrrole nitrogens is 1. The molecule has 6 nitrogen and oxygen atoms in total. The van der Waals surface area contributed by atoms with E-state index in [0.29, 0.717) is 17.9 Å². The fraction of sp³-hybridized carbons (Fsp3) is 0.364. The summed E-state index contributed by atoms with van der Waals surface area (Å²) in [6.07, 6.45) is 5.54. The number of rotatable bonds is 3. The SMILES string of the molecule is Cc1ccc(-c2cn[nH]c2[C@@H]2CCCN(C(=O)c3cnc(C)nc3C)C2)cc1. The van der Waals surface area contributed by atoms with Gasteiger partial charge in [0.15, 0.2) is 0 Å². The average molecular weight is 375 g/mol. The lowest BCUT2D eigenvalue weighted by Gasteiger charge is -2.33. The van der Waals surface area contributed by atoms with Gasteiger partial charge in [0.1, 0.15) is 5.82 Å². The van der Waals surface area contributed by atoms with Crippen LogP contribution in [-0.2, 0) is 0 Å². The fourth-order valence-corrected chi connectivity index (χ4v) is 3.93. The zero-order chi connectivity index (χ0) is 19.7. The Morgan fingerprint density at radius 3 is 2.68 bits per heavy atom. The molecule has 4 rings (SSSR count). The normalized spacial score (nSPS) is 17.0. The average Bonchev–Trinajstić information content (AvgIpc) is 3.18. The van der Waals surface area contributed by atoms with Gasteiger partial charge in [-0.2, -0.15) is 5.10 Å². The molecule has 1 fully saturated rings. The molecule has 1 aliphatic rings. The Labute approximate surface area is 165 Å². The monoisotopic (exact) mass is 375 g/mol. The summed E-state index contributed by atoms with van der Waals surface area (Å²) < 4.78 is 0. The van der Waals surface area contributed by atoms with Gasteiger partial charge >= 0.3 is 0 Å². The summed E-state index contributed by atoms with van der Waals surface area (Å²) in [7, 11) is 0. The van der Waals surface area contributed by atoms with Crippen molar-refractivity contribution in [2.45, 2.75) is 39.5 Å². The Bertz CT molecular complexity index is 992. The molecule has 0 aliphatic carbocycles. The molecule has 1 saturated heterocycles. The van der Waals surface area contributed by atoms with Crippen molar-refractivity contribution < 1.29 is 4.79 Å². The van der Waals surface area contributed by atoms with Crippen LogP contribution in [-0.4, -0.2) is 44.1 Å². The second kappa shape index (κ2) is 7.54. The minimum absolute atomic E-state index is 0.0126. The molecule has 6 heteroatoms. The Morgan fingerprint density at radius 2 is 1.93 bits per heavy atom. The van der Waals surface area contributed by atoms with Gasteiger partial charge in [0.05, 0.1) is 17.5 Å². The molecule has 0 unspecified atom stereocenters. The van der Waals surface area contributed by atoms with E-state index in [-0.39, 0.29) is 11.8 Å². The molecule has 1 aliphatic heterocycles. The van der Waals surface area contributed by atoms with Crippen molar-refractivity contribution in [2.24, 2.45) is 0 Å². The zero-order valence-corrected chi connectivity index (χ0v) is 16.6. The van der Waals surface area contributed by atoms with Crippen molar-refractivity contribution in [2.75, 3.05) is 13.1 Å². The van der Waals surface area contributed by atoms with Gasteiger partial charge in [-0.1, -0.05) is 29.8 Å². The van der Waals surface area contributed by atoms with Gasteiger partial charge in [-0.15, -0.1) is 0 Å². The highest BCUT2D eigenvalue weighted by molar-refractivity contribution is 5.95. The minimum atomic E-state index is 0.0126. The van der Waals surface area contributed by atoms with Crippen molar-refractivity contribution >= 4 is 5.91 Å². The third-order valence-electron chi connectivity index (χ3n) is 5.48. The van der Waals surface area contributed by atoms with Crippen LogP contribution in [0.2, 0.25) is 0 Å². The van der Waals surface area contributed by atoms with Crippen LogP contribution in [0.5, 0.6) is 0 Å². The molecule has 3 heterocycles. The molecule has 0 spiro atoms. The van der Waals surface area contributed by atoms with Crippen LogP contribution >= 0.6 is 0 Å². The van der Waals surface area contributed by atoms with Crippen LogP contribution in [0.25, 0.3) is 11.1 Å². The molecule has 144 valence electrons. The van der Waals surface area contributed by atoms with Gasteiger partial charge in [0.25, 0.3) is 5.91 Å². The second-order valence-electron chi connectivity index (χ2n) is 7.57. The fourth-order valence-electron chi connectivity index (χ4n) is 3.93. The molecule has 0 bridgehead atoms. The summed E-state index contributed by atoms with van der Waals surface area (Å²) in [6.45, 7) is 7.22. The predicted molar refractivity (Wildman–Crippen MR) is 108 cm³/mol. The van der Waals surface area contributed by atoms with E-state index in [2.05, 4.69) is 51.4 Å². The molecule has 2 aromatic heterocycles. The second-order valence-corrected chi connectivity index (χ2v) is 7.57. The summed E-state index contributed by atoms with van der Waals surface area (Å²) in [4.78, 5) is 23.5. The van der Waals surface area contributed by atoms with E-state index >= 15 is 0 Å². The van der Waals surface area contributed by atoms with Gasteiger partial charge in [0, 0.05) is 36.5 Å². The number of aromatic amines is 1. The van der Waals surface area contributed by atoms with Crippen LogP contribution in [0.4, 0.5) is 0 Å². The highest BCUT2D eigenvalue weighted by atomic mass is 16.2. The predicted octanol–water partition coefficient (Wildman–Crippen LogP) is 3.81. The van der Waals surface area contributed by atoms with Crippen molar-refractivity contribution in [1.82, 2.24) is 25.1 Å². The first kappa shape index (κ1) is 18.3. The largest absolute Gasteiger partial charge is 0.338 e. The van der Waals surface area contributed by atoms with Crippen LogP contribution in [0.3, 0.4) is 0 Å². The van der Waals surface area contributed by atoms with E-state index in [1.807, 2.05) is 24.9 Å². The summed E-state index contributed by atoms with van der Waals surface area (Å²) >= 11 is 0. The summed E-state index contributed by atoms with van der Waals surface area (Å²) in [5.41, 5.74) is 5.95. The number of likely N-dealkylation sites (tertiary alicyclic amines) is 1. The van der Waals surface area contributed by atoms with Crippen molar-refractivity contribution in [1.29, 1.82) is 0 Å². The Balaban J connectivity index is 1.57. The van der Waals surface area contributed by atoms with Crippen LogP contribution in [0.1, 0.15) is 51.9 Å². The number of amides is 1. The van der Waals surface area contributed by atoms with E-state index in [1.54, 1.807) is 6.20 Å². The molecule has 0 radical (unpaired) electrons. The van der Waals surface area contributed by atoms with Gasteiger partial charge in [-0.05, 0) is 39.2 Å². The summed E-state index contributed by atoms with van der Waals surface area (Å²) in [6, 6.07) is 8.48. The molecule has 28 heavy (non-hydrogen) atoms. The van der Waals surface area contributed by atoms with Gasteiger partial charge < -0.3 is 4.90 Å². The third kappa shape index (κ3) is 3.54. The minimum Gasteiger partial charge on any atom is -0.338 e. The molecule has 3 aromatic rings. The highest BCUT2D eigenvalue weighted by Crippen LogP contribution is 2.33. The summed E-state index contributed by atoms with van der Waals surface area (Å²) in [5, 5.41) is 7.49. The Kier molecular flexibility index (Phi) is 4.94. The number of hydrogen-bond donors (Lipinski definition) is 1. The van der Waals surface area contributed by atoms with Gasteiger partial charge in [0.2, 0.25) is 0 Å². The maximum Gasteiger partial charge on any atom is 0.257 e. The zero-order valence-electron chi connectivity index (χ0n) is 16.6. The number of nitrogens with zero attached hydrogens (tertiary/aromatic N) is 4. The number of hydrogen-bond acceptors (Lipinski definition) is 4. The number of piperidine rings is 1. The first-order valence-corrected chi connectivity index (χ1v) is 9.72. The first-order chi connectivity index (χ1) is 13.5. The van der Waals surface area contributed by atoms with E-state index < -0.39 is 0 Å². The highest BCUT2D eigenvalue weighted by Gasteiger charge is 2.29. The lowest BCUT2D eigenvalue weighted by Crippen LogP contribution is -2.39. The number of benzene rings is 1. The van der Waals surface area contributed by atoms with Gasteiger partial charge in [-0.3, -0.25) is 9.89 Å². The van der Waals surface area contributed by atoms with Crippen LogP contribution in [0.15, 0.2) is 36.7 Å². The number of carbonyl (C=O) groups is 1. The number of aromatic nitrogens is 4. The third-order valence-corrected chi connectivity index (χ3v) is 5.48. The molecule has 1 N–H and O–H groups in total. The first-order valence-electron chi connectivity index (χ1n) is 9.72. The smallest absolute Gasteiger partial charge is 0.257 e. The maximum absolute atomic E-state index is 13.1. The van der Waals surface area contributed by atoms with E-state index in [9.17, 15) is 4.79 Å². The Morgan fingerprint density at radius 1 is 1.14 bits per heavy atom. The number of carbonyl (C=O) groups excluding carboxylic acids is 1. The standard InChI is InChI=1S/C22H25N5O/c1-14-6-8-17(9-7-14)20-12-24-26-21(20)18-5-4-10-27(13-18)22(28)19-11-23-16(3)25-15(19)2/h6-9,11-12,18H,4-5,10,13H2,1-3H3,(H,24,26)/t18-/m1/s1. The van der Waals surface area contributed by atoms with E-state index in [1.165, 1.54) is 5.56 Å². The molecule has 1 atom stereocenters. The Hall–Kier alpha value is -3.02. The van der Waals surface area contributed by atoms with Crippen molar-refractivity contribution in [3.63, 3.8) is 0 Å². The molecule has 1 aromatic carbocycles. The lowest BCUT2D eigenvalue weighted by atomic mass is 9.90. The van der Waals surface area contributed by atoms with Crippen molar-refractivity contribution in [3.8, 4) is 11.1 Å². The molecule has 0 saturated carbocycles. The lowest BCUT2D eigenvalue weighted by molar-refractivity contribution is 0.0704. The van der Waals surface area contributed by atoms with Gasteiger partial charge in [-0.25, -0.2) is 9.97 Å². The van der Waals surface area contributed by atoms with Crippen molar-refractivity contribution in [3.05, 3.63) is 65.0 Å².